The number of ketones is 1. The first-order valence-electron chi connectivity index (χ1n) is 5.92. The SMILES string of the molecule is [B]NB=C1C(=O)C(S(=O)(=O)O)=Cc2cc(CC)ccc21. The van der Waals surface area contributed by atoms with E-state index in [4.69, 9.17) is 12.5 Å². The van der Waals surface area contributed by atoms with Crippen LogP contribution in [0.25, 0.3) is 6.08 Å². The third kappa shape index (κ3) is 2.62. The molecule has 0 saturated carbocycles. The Balaban J connectivity index is 2.74. The van der Waals surface area contributed by atoms with Crippen molar-refractivity contribution in [3.63, 3.8) is 0 Å². The van der Waals surface area contributed by atoms with Crippen LogP contribution in [0.3, 0.4) is 0 Å². The van der Waals surface area contributed by atoms with Crippen LogP contribution in [-0.4, -0.2) is 39.3 Å². The van der Waals surface area contributed by atoms with Crippen LogP contribution in [0.2, 0.25) is 0 Å². The molecular weight excluding hydrogens is 276 g/mol. The van der Waals surface area contributed by atoms with E-state index >= 15 is 0 Å². The number of aryl methyl sites for hydroxylation is 1. The van der Waals surface area contributed by atoms with E-state index in [1.54, 1.807) is 12.1 Å². The van der Waals surface area contributed by atoms with Crippen LogP contribution in [0.1, 0.15) is 23.6 Å². The van der Waals surface area contributed by atoms with Gasteiger partial charge in [-0.05, 0) is 0 Å². The molecule has 0 atom stereocenters. The van der Waals surface area contributed by atoms with Gasteiger partial charge in [0.15, 0.2) is 0 Å². The number of rotatable bonds is 3. The molecule has 20 heavy (non-hydrogen) atoms. The van der Waals surface area contributed by atoms with Crippen molar-refractivity contribution in [2.45, 2.75) is 13.3 Å². The summed E-state index contributed by atoms with van der Waals surface area (Å²) in [5.74, 6) is -0.790. The number of hydrogen-bond donors (Lipinski definition) is 2. The third-order valence-electron chi connectivity index (χ3n) is 3.07. The molecule has 1 aliphatic carbocycles. The Kier molecular flexibility index (Phi) is 3.96. The Labute approximate surface area is 119 Å². The molecule has 0 aromatic heterocycles. The summed E-state index contributed by atoms with van der Waals surface area (Å²) in [4.78, 5) is 11.5. The van der Waals surface area contributed by atoms with Gasteiger partial charge in [0.05, 0.1) is 0 Å². The van der Waals surface area contributed by atoms with Gasteiger partial charge < -0.3 is 0 Å². The van der Waals surface area contributed by atoms with E-state index in [9.17, 15) is 13.2 Å². The molecule has 0 amide bonds. The number of nitrogens with one attached hydrogen (secondary N) is 1. The molecule has 100 valence electrons. The molecule has 2 rings (SSSR count). The van der Waals surface area contributed by atoms with Crippen molar-refractivity contribution in [1.29, 1.82) is 0 Å². The normalized spacial score (nSPS) is 16.4. The second-order valence-corrected chi connectivity index (χ2v) is 5.70. The van der Waals surface area contributed by atoms with Gasteiger partial charge in [-0.2, -0.15) is 0 Å². The number of allylic oxidation sites excluding steroid dienone is 1. The number of fused-ring (bicyclic) bond motifs is 1. The van der Waals surface area contributed by atoms with Gasteiger partial charge in [-0.1, -0.05) is 0 Å². The van der Waals surface area contributed by atoms with Crippen LogP contribution in [0.15, 0.2) is 23.1 Å². The van der Waals surface area contributed by atoms with Crippen molar-refractivity contribution in [1.82, 2.24) is 5.14 Å². The van der Waals surface area contributed by atoms with Crippen LogP contribution >= 0.6 is 0 Å². The molecule has 1 aromatic carbocycles. The zero-order chi connectivity index (χ0) is 14.9. The zero-order valence-corrected chi connectivity index (χ0v) is 11.6. The third-order valence-corrected chi connectivity index (χ3v) is 3.93. The van der Waals surface area contributed by atoms with E-state index < -0.39 is 20.8 Å². The molecule has 8 heteroatoms. The van der Waals surface area contributed by atoms with E-state index in [1.807, 2.05) is 13.0 Å². The first-order chi connectivity index (χ1) is 9.38. The summed E-state index contributed by atoms with van der Waals surface area (Å²) < 4.78 is 31.8. The standard InChI is InChI=1S/C12H11B2NO4S/c1-2-7-3-4-9-8(5-7)6-10(20(17,18)19)12(16)11(9)14-15-13/h3-6,15H,2H2,1H3,(H,17,18,19). The van der Waals surface area contributed by atoms with E-state index in [0.29, 0.717) is 11.1 Å². The van der Waals surface area contributed by atoms with Crippen LogP contribution in [-0.2, 0) is 21.3 Å². The van der Waals surface area contributed by atoms with Crippen molar-refractivity contribution in [2.75, 3.05) is 0 Å². The van der Waals surface area contributed by atoms with Crippen LogP contribution in [0.5, 0.6) is 0 Å². The molecule has 0 spiro atoms. The second kappa shape index (κ2) is 5.38. The molecule has 2 radical (unpaired) electrons. The van der Waals surface area contributed by atoms with Gasteiger partial charge in [-0.3, -0.25) is 0 Å². The summed E-state index contributed by atoms with van der Waals surface area (Å²) in [6.45, 7) is 1.96. The van der Waals surface area contributed by atoms with Gasteiger partial charge in [0, 0.05) is 0 Å². The molecule has 0 saturated heterocycles. The van der Waals surface area contributed by atoms with Crippen molar-refractivity contribution in [3.8, 4) is 0 Å². The number of Topliss-reactive ketones (excluding diaryl/α,β-unsaturated/α-hetero) is 1. The summed E-state index contributed by atoms with van der Waals surface area (Å²) in [5.41, 5.74) is 2.21. The predicted octanol–water partition coefficient (Wildman–Crippen LogP) is -0.127. The number of benzene rings is 1. The number of hydrogen-bond acceptors (Lipinski definition) is 4. The summed E-state index contributed by atoms with van der Waals surface area (Å²) in [6, 6.07) is 5.35. The first-order valence-corrected chi connectivity index (χ1v) is 7.36. The minimum absolute atomic E-state index is 0.0975. The fraction of sp³-hybridized carbons (Fsp3) is 0.167. The summed E-state index contributed by atoms with van der Waals surface area (Å²) >= 11 is 0. The quantitative estimate of drug-likeness (QED) is 0.598. The number of carbonyl (C=O) groups is 1. The van der Waals surface area contributed by atoms with Gasteiger partial charge >= 0.3 is 119 Å². The molecule has 1 aromatic rings. The van der Waals surface area contributed by atoms with Gasteiger partial charge in [-0.15, -0.1) is 0 Å². The summed E-state index contributed by atoms with van der Waals surface area (Å²) in [5, 5.41) is 2.22. The minimum atomic E-state index is -4.59. The van der Waals surface area contributed by atoms with Gasteiger partial charge in [0.25, 0.3) is 0 Å². The molecule has 0 heterocycles. The maximum atomic E-state index is 12.1. The Morgan fingerprint density at radius 2 is 2.10 bits per heavy atom. The fourth-order valence-corrected chi connectivity index (χ4v) is 2.70. The van der Waals surface area contributed by atoms with Gasteiger partial charge in [0.1, 0.15) is 0 Å². The molecule has 1 aliphatic rings. The molecule has 0 fully saturated rings. The van der Waals surface area contributed by atoms with E-state index in [2.05, 4.69) is 5.14 Å². The Hall–Kier alpha value is -1.66. The topological polar surface area (TPSA) is 83.5 Å². The van der Waals surface area contributed by atoms with E-state index in [1.165, 1.54) is 13.1 Å². The molecule has 5 nitrogen and oxygen atoms in total. The summed E-state index contributed by atoms with van der Waals surface area (Å²) in [7, 11) is 1.81. The number of carbonyl (C=O) groups excluding carboxylic acids is 1. The first kappa shape index (κ1) is 14.7. The average molecular weight is 287 g/mol. The van der Waals surface area contributed by atoms with Crippen molar-refractivity contribution >= 4 is 42.5 Å². The van der Waals surface area contributed by atoms with Crippen molar-refractivity contribution in [2.24, 2.45) is 0 Å². The second-order valence-electron chi connectivity index (χ2n) is 4.31. The fourth-order valence-electron chi connectivity index (χ4n) is 2.08. The average Bonchev–Trinajstić information content (AvgIpc) is 2.39. The van der Waals surface area contributed by atoms with Gasteiger partial charge in [0.2, 0.25) is 0 Å². The molecule has 2 N–H and O–H groups in total. The molecular formula is C12H11B2NO4S. The van der Waals surface area contributed by atoms with Crippen LogP contribution in [0, 0.1) is 0 Å². The summed E-state index contributed by atoms with van der Waals surface area (Å²) in [6.07, 6.45) is 1.95. The molecule has 0 unspecified atom stereocenters. The monoisotopic (exact) mass is 287 g/mol. The molecule has 0 bridgehead atoms. The Morgan fingerprint density at radius 3 is 2.65 bits per heavy atom. The van der Waals surface area contributed by atoms with Crippen molar-refractivity contribution < 1.29 is 17.8 Å². The van der Waals surface area contributed by atoms with E-state index in [0.717, 1.165) is 12.0 Å². The molecule has 0 aliphatic heterocycles. The maximum absolute atomic E-state index is 12.1. The Morgan fingerprint density at radius 1 is 1.40 bits per heavy atom. The zero-order valence-electron chi connectivity index (χ0n) is 10.8. The Bertz CT molecular complexity index is 738. The van der Waals surface area contributed by atoms with Gasteiger partial charge in [-0.25, -0.2) is 0 Å². The van der Waals surface area contributed by atoms with Crippen LogP contribution in [0.4, 0.5) is 0 Å². The predicted molar refractivity (Wildman–Crippen MR) is 79.1 cm³/mol. The van der Waals surface area contributed by atoms with Crippen molar-refractivity contribution in [3.05, 3.63) is 39.8 Å². The van der Waals surface area contributed by atoms with E-state index in [-0.39, 0.29) is 5.46 Å². The van der Waals surface area contributed by atoms with Crippen LogP contribution < -0.4 is 5.14 Å².